The Morgan fingerprint density at radius 1 is 1.27 bits per heavy atom. The van der Waals surface area contributed by atoms with Crippen molar-refractivity contribution >= 4 is 17.3 Å². The summed E-state index contributed by atoms with van der Waals surface area (Å²) in [5.74, 6) is 1.23. The molecule has 5 heterocycles. The molecular formula is C17H19FN8. The van der Waals surface area contributed by atoms with Crippen LogP contribution >= 0.6 is 0 Å². The molecule has 2 saturated heterocycles. The minimum Gasteiger partial charge on any atom is -0.363 e. The third-order valence-electron chi connectivity index (χ3n) is 6.03. The maximum Gasteiger partial charge on any atom is 0.243 e. The predicted octanol–water partition coefficient (Wildman–Crippen LogP) is 2.03. The van der Waals surface area contributed by atoms with E-state index in [-0.39, 0.29) is 6.04 Å². The molecule has 0 spiro atoms. The lowest BCUT2D eigenvalue weighted by Crippen LogP contribution is -2.40. The number of nitrogens with one attached hydrogen (secondary N) is 2. The zero-order valence-electron chi connectivity index (χ0n) is 14.1. The van der Waals surface area contributed by atoms with Crippen LogP contribution in [-0.2, 0) is 0 Å². The van der Waals surface area contributed by atoms with Crippen LogP contribution in [0.3, 0.4) is 0 Å². The number of hydrogen-bond acceptors (Lipinski definition) is 6. The van der Waals surface area contributed by atoms with Crippen molar-refractivity contribution in [3.05, 3.63) is 18.7 Å². The van der Waals surface area contributed by atoms with Gasteiger partial charge in [0, 0.05) is 24.3 Å². The molecule has 2 saturated carbocycles. The minimum atomic E-state index is -0.813. The van der Waals surface area contributed by atoms with Crippen molar-refractivity contribution in [2.45, 2.75) is 43.9 Å². The summed E-state index contributed by atoms with van der Waals surface area (Å²) < 4.78 is 15.3. The summed E-state index contributed by atoms with van der Waals surface area (Å²) >= 11 is 0. The number of fused-ring (bicyclic) bond motifs is 2. The summed E-state index contributed by atoms with van der Waals surface area (Å²) in [4.78, 5) is 11.8. The van der Waals surface area contributed by atoms with E-state index in [1.165, 1.54) is 12.8 Å². The lowest BCUT2D eigenvalue weighted by Gasteiger charge is -2.30. The van der Waals surface area contributed by atoms with Crippen molar-refractivity contribution in [1.82, 2.24) is 29.8 Å². The normalized spacial score (nSPS) is 29.7. The summed E-state index contributed by atoms with van der Waals surface area (Å²) in [6.07, 6.45) is 8.38. The number of aromatic amines is 1. The molecule has 7 rings (SSSR count). The smallest absolute Gasteiger partial charge is 0.243 e. The summed E-state index contributed by atoms with van der Waals surface area (Å²) in [5.41, 5.74) is 3.57. The van der Waals surface area contributed by atoms with E-state index in [0.29, 0.717) is 18.4 Å². The van der Waals surface area contributed by atoms with E-state index in [9.17, 15) is 4.39 Å². The number of anilines is 2. The minimum absolute atomic E-state index is 0.184. The highest BCUT2D eigenvalue weighted by molar-refractivity contribution is 5.85. The zero-order valence-corrected chi connectivity index (χ0v) is 14.1. The van der Waals surface area contributed by atoms with Gasteiger partial charge in [-0.1, -0.05) is 0 Å². The van der Waals surface area contributed by atoms with Gasteiger partial charge in [0.05, 0.1) is 12.2 Å². The van der Waals surface area contributed by atoms with Gasteiger partial charge in [0.1, 0.15) is 23.9 Å². The van der Waals surface area contributed by atoms with Crippen molar-refractivity contribution in [3.8, 4) is 11.3 Å². The molecular weight excluding hydrogens is 335 g/mol. The molecule has 0 amide bonds. The highest BCUT2D eigenvalue weighted by Gasteiger charge is 2.44. The second kappa shape index (κ2) is 5.15. The fourth-order valence-corrected chi connectivity index (χ4v) is 4.35. The molecule has 4 aliphatic rings. The van der Waals surface area contributed by atoms with Crippen molar-refractivity contribution in [3.63, 3.8) is 0 Å². The summed E-state index contributed by atoms with van der Waals surface area (Å²) in [7, 11) is 0. The van der Waals surface area contributed by atoms with Crippen LogP contribution in [0.1, 0.15) is 25.7 Å². The van der Waals surface area contributed by atoms with Crippen LogP contribution in [0.5, 0.6) is 0 Å². The van der Waals surface area contributed by atoms with Crippen LogP contribution in [-0.4, -0.2) is 54.6 Å². The number of hydrogen-bond donors (Lipinski definition) is 2. The molecule has 2 atom stereocenters. The third-order valence-corrected chi connectivity index (χ3v) is 6.03. The highest BCUT2D eigenvalue weighted by atomic mass is 19.1. The van der Waals surface area contributed by atoms with Crippen LogP contribution in [0.2, 0.25) is 0 Å². The molecule has 8 nitrogen and oxygen atoms in total. The first-order valence-electron chi connectivity index (χ1n) is 9.18. The second-order valence-electron chi connectivity index (χ2n) is 7.62. The average Bonchev–Trinajstić information content (AvgIpc) is 3.38. The molecule has 2 N–H and O–H groups in total. The van der Waals surface area contributed by atoms with Crippen molar-refractivity contribution in [2.24, 2.45) is 5.92 Å². The second-order valence-corrected chi connectivity index (χ2v) is 7.62. The summed E-state index contributed by atoms with van der Waals surface area (Å²) in [6.45, 7) is 1.03. The molecule has 3 aromatic heterocycles. The Labute approximate surface area is 148 Å². The zero-order chi connectivity index (χ0) is 17.3. The molecule has 134 valence electrons. The summed E-state index contributed by atoms with van der Waals surface area (Å²) in [6, 6.07) is 0.366. The number of aromatic nitrogens is 6. The number of nitrogens with zero attached hydrogens (tertiary/aromatic N) is 6. The Bertz CT molecular complexity index is 961. The van der Waals surface area contributed by atoms with Gasteiger partial charge in [0.15, 0.2) is 5.65 Å². The lowest BCUT2D eigenvalue weighted by molar-refractivity contribution is 0.186. The SMILES string of the molecule is F[C@H]1CC[C@H]1Nc1nc2c(N3CC4CC3C4)c(-c3cn[nH]c3)ncn2n1. The molecule has 2 aliphatic carbocycles. The third kappa shape index (κ3) is 1.99. The average molecular weight is 354 g/mol. The first-order chi connectivity index (χ1) is 12.8. The van der Waals surface area contributed by atoms with Gasteiger partial charge >= 0.3 is 0 Å². The fourth-order valence-electron chi connectivity index (χ4n) is 4.35. The van der Waals surface area contributed by atoms with E-state index in [2.05, 4.69) is 30.5 Å². The molecule has 4 fully saturated rings. The number of rotatable bonds is 4. The first-order valence-corrected chi connectivity index (χ1v) is 9.18. The van der Waals surface area contributed by atoms with E-state index >= 15 is 0 Å². The van der Waals surface area contributed by atoms with Gasteiger partial charge in [-0.25, -0.2) is 9.37 Å². The lowest BCUT2D eigenvalue weighted by atomic mass is 9.86. The van der Waals surface area contributed by atoms with E-state index in [1.807, 2.05) is 6.20 Å². The van der Waals surface area contributed by atoms with Gasteiger partial charge in [-0.2, -0.15) is 14.6 Å². The van der Waals surface area contributed by atoms with Gasteiger partial charge in [-0.05, 0) is 31.6 Å². The fraction of sp³-hybridized carbons (Fsp3) is 0.529. The van der Waals surface area contributed by atoms with Gasteiger partial charge in [-0.15, -0.1) is 5.10 Å². The molecule has 0 aromatic carbocycles. The standard InChI is InChI=1S/C17H19FN8/c18-12-1-2-13(12)22-17-23-16-15(25-7-9-3-11(25)4-9)14(10-5-20-21-6-10)19-8-26(16)24-17/h5-6,8-9,11-13H,1-4,7H2,(H,20,21)(H,22,24)/t9?,11?,12-,13+/m0/s1. The monoisotopic (exact) mass is 354 g/mol. The van der Waals surface area contributed by atoms with Crippen LogP contribution in [0.4, 0.5) is 16.0 Å². The quantitative estimate of drug-likeness (QED) is 0.745. The topological polar surface area (TPSA) is 87.0 Å². The Balaban J connectivity index is 1.48. The largest absolute Gasteiger partial charge is 0.363 e. The number of H-pyrrole nitrogens is 1. The molecule has 9 heteroatoms. The maximum absolute atomic E-state index is 13.6. The molecule has 2 bridgehead atoms. The molecule has 3 aromatic rings. The van der Waals surface area contributed by atoms with E-state index in [1.54, 1.807) is 17.0 Å². The first kappa shape index (κ1) is 14.5. The van der Waals surface area contributed by atoms with Crippen molar-refractivity contribution in [2.75, 3.05) is 16.8 Å². The van der Waals surface area contributed by atoms with Gasteiger partial charge in [-0.3, -0.25) is 5.10 Å². The Hall–Kier alpha value is -2.71. The van der Waals surface area contributed by atoms with Crippen LogP contribution in [0.15, 0.2) is 18.7 Å². The van der Waals surface area contributed by atoms with Gasteiger partial charge < -0.3 is 10.2 Å². The van der Waals surface area contributed by atoms with Crippen molar-refractivity contribution < 1.29 is 4.39 Å². The highest BCUT2D eigenvalue weighted by Crippen LogP contribution is 2.46. The molecule has 2 aliphatic heterocycles. The maximum atomic E-state index is 13.6. The van der Waals surface area contributed by atoms with E-state index in [4.69, 9.17) is 4.98 Å². The van der Waals surface area contributed by atoms with E-state index in [0.717, 1.165) is 41.5 Å². The van der Waals surface area contributed by atoms with Crippen LogP contribution in [0, 0.1) is 5.92 Å². The Kier molecular flexibility index (Phi) is 2.86. The molecule has 26 heavy (non-hydrogen) atoms. The Morgan fingerprint density at radius 3 is 2.85 bits per heavy atom. The number of alkyl halides is 1. The molecule has 0 unspecified atom stereocenters. The van der Waals surface area contributed by atoms with Crippen LogP contribution < -0.4 is 10.2 Å². The predicted molar refractivity (Wildman–Crippen MR) is 93.8 cm³/mol. The van der Waals surface area contributed by atoms with Gasteiger partial charge in [0.2, 0.25) is 5.95 Å². The van der Waals surface area contributed by atoms with Crippen LogP contribution in [0.25, 0.3) is 16.9 Å². The van der Waals surface area contributed by atoms with E-state index < -0.39 is 6.17 Å². The summed E-state index contributed by atoms with van der Waals surface area (Å²) in [5, 5.41) is 14.5. The number of halogens is 1. The van der Waals surface area contributed by atoms with Crippen molar-refractivity contribution in [1.29, 1.82) is 0 Å². The molecule has 0 radical (unpaired) electrons. The van der Waals surface area contributed by atoms with Gasteiger partial charge in [0.25, 0.3) is 0 Å². The Morgan fingerprint density at radius 2 is 2.19 bits per heavy atom.